The summed E-state index contributed by atoms with van der Waals surface area (Å²) in [5, 5.41) is 6.71. The molecule has 32 heavy (non-hydrogen) atoms. The fourth-order valence-electron chi connectivity index (χ4n) is 3.13. The maximum absolute atomic E-state index is 12.9. The summed E-state index contributed by atoms with van der Waals surface area (Å²) in [7, 11) is 0. The standard InChI is InChI=1S/C20H13ClF3N5O3/c21-11-4-10(5-13(6-11)32-20(22,23)24)16-7-15(18(30)14-9-27-19(31)17(14)25)28-29(16)12-2-1-3-26-8-12/h1-8H,9,25H2,(H,27,31). The first-order chi connectivity index (χ1) is 15.1. The molecule has 0 atom stereocenters. The van der Waals surface area contributed by atoms with Gasteiger partial charge in [-0.3, -0.25) is 14.6 Å². The molecule has 0 saturated heterocycles. The molecule has 8 nitrogen and oxygen atoms in total. The van der Waals surface area contributed by atoms with E-state index in [0.717, 1.165) is 12.1 Å². The zero-order valence-corrected chi connectivity index (χ0v) is 16.7. The summed E-state index contributed by atoms with van der Waals surface area (Å²) in [6.45, 7) is -0.0562. The van der Waals surface area contributed by atoms with Crippen LogP contribution in [-0.4, -0.2) is 39.4 Å². The number of hydrogen-bond acceptors (Lipinski definition) is 6. The van der Waals surface area contributed by atoms with Gasteiger partial charge in [0.05, 0.1) is 17.6 Å². The van der Waals surface area contributed by atoms with E-state index in [1.807, 2.05) is 0 Å². The number of carbonyl (C=O) groups is 2. The summed E-state index contributed by atoms with van der Waals surface area (Å²) in [5.74, 6) is -1.70. The lowest BCUT2D eigenvalue weighted by molar-refractivity contribution is -0.274. The number of pyridine rings is 1. The first kappa shape index (κ1) is 21.4. The van der Waals surface area contributed by atoms with Crippen LogP contribution in [0.25, 0.3) is 16.9 Å². The van der Waals surface area contributed by atoms with E-state index in [4.69, 9.17) is 17.3 Å². The second-order valence-corrected chi connectivity index (χ2v) is 7.10. The fourth-order valence-corrected chi connectivity index (χ4v) is 3.36. The van der Waals surface area contributed by atoms with Crippen molar-refractivity contribution in [1.29, 1.82) is 0 Å². The number of ketones is 1. The average molecular weight is 464 g/mol. The number of nitrogens with one attached hydrogen (secondary N) is 1. The van der Waals surface area contributed by atoms with E-state index in [-0.39, 0.29) is 39.8 Å². The van der Waals surface area contributed by atoms with Crippen molar-refractivity contribution in [3.8, 4) is 22.7 Å². The monoisotopic (exact) mass is 463 g/mol. The highest BCUT2D eigenvalue weighted by atomic mass is 35.5. The van der Waals surface area contributed by atoms with Crippen molar-refractivity contribution < 1.29 is 27.5 Å². The van der Waals surface area contributed by atoms with Crippen molar-refractivity contribution >= 4 is 23.3 Å². The minimum absolute atomic E-state index is 0.0221. The number of carbonyl (C=O) groups excluding carboxylic acids is 2. The molecule has 0 bridgehead atoms. The Morgan fingerprint density at radius 1 is 1.25 bits per heavy atom. The lowest BCUT2D eigenvalue weighted by Gasteiger charge is -2.12. The second-order valence-electron chi connectivity index (χ2n) is 6.67. The van der Waals surface area contributed by atoms with Crippen molar-refractivity contribution in [2.75, 3.05) is 6.54 Å². The molecular formula is C20H13ClF3N5O3. The summed E-state index contributed by atoms with van der Waals surface area (Å²) in [6, 6.07) is 8.16. The molecule has 3 heterocycles. The van der Waals surface area contributed by atoms with Crippen LogP contribution in [0.3, 0.4) is 0 Å². The van der Waals surface area contributed by atoms with Crippen LogP contribution in [0.2, 0.25) is 5.02 Å². The van der Waals surface area contributed by atoms with Gasteiger partial charge in [0.1, 0.15) is 17.1 Å². The molecule has 164 valence electrons. The zero-order chi connectivity index (χ0) is 23.0. The normalized spacial score (nSPS) is 13.9. The quantitative estimate of drug-likeness (QED) is 0.562. The van der Waals surface area contributed by atoms with E-state index in [2.05, 4.69) is 20.1 Å². The van der Waals surface area contributed by atoms with E-state index in [1.165, 1.54) is 29.2 Å². The summed E-state index contributed by atoms with van der Waals surface area (Å²) in [6.07, 6.45) is -1.94. The Hall–Kier alpha value is -3.86. The number of ether oxygens (including phenoxy) is 1. The molecule has 1 aliphatic heterocycles. The highest BCUT2D eigenvalue weighted by Crippen LogP contribution is 2.33. The number of hydrogen-bond donors (Lipinski definition) is 2. The molecule has 0 fully saturated rings. The van der Waals surface area contributed by atoms with E-state index in [9.17, 15) is 22.8 Å². The Labute approximate surface area is 183 Å². The van der Waals surface area contributed by atoms with Gasteiger partial charge in [-0.1, -0.05) is 11.6 Å². The second kappa shape index (κ2) is 8.00. The molecule has 12 heteroatoms. The predicted octanol–water partition coefficient (Wildman–Crippen LogP) is 3.01. The average Bonchev–Trinajstić information content (AvgIpc) is 3.31. The lowest BCUT2D eigenvalue weighted by Crippen LogP contribution is -2.20. The van der Waals surface area contributed by atoms with Crippen molar-refractivity contribution in [2.24, 2.45) is 5.73 Å². The Morgan fingerprint density at radius 3 is 2.66 bits per heavy atom. The van der Waals surface area contributed by atoms with Crippen molar-refractivity contribution in [2.45, 2.75) is 6.36 Å². The van der Waals surface area contributed by atoms with Gasteiger partial charge in [-0.05, 0) is 36.4 Å². The van der Waals surface area contributed by atoms with Gasteiger partial charge in [-0.25, -0.2) is 4.68 Å². The van der Waals surface area contributed by atoms with E-state index in [0.29, 0.717) is 5.69 Å². The number of benzene rings is 1. The van der Waals surface area contributed by atoms with E-state index >= 15 is 0 Å². The Morgan fingerprint density at radius 2 is 2.03 bits per heavy atom. The van der Waals surface area contributed by atoms with Gasteiger partial charge in [-0.2, -0.15) is 5.10 Å². The Kier molecular flexibility index (Phi) is 5.35. The van der Waals surface area contributed by atoms with Crippen LogP contribution in [0, 0.1) is 0 Å². The fraction of sp³-hybridized carbons (Fsp3) is 0.100. The number of alkyl halides is 3. The van der Waals surface area contributed by atoms with Gasteiger partial charge in [0, 0.05) is 28.9 Å². The summed E-state index contributed by atoms with van der Waals surface area (Å²) in [4.78, 5) is 28.6. The van der Waals surface area contributed by atoms with Crippen LogP contribution in [0.4, 0.5) is 13.2 Å². The highest BCUT2D eigenvalue weighted by Gasteiger charge is 2.32. The third kappa shape index (κ3) is 4.28. The molecule has 0 saturated carbocycles. The number of rotatable bonds is 5. The number of nitrogens with two attached hydrogens (primary N) is 1. The van der Waals surface area contributed by atoms with Crippen molar-refractivity contribution in [3.05, 3.63) is 70.8 Å². The highest BCUT2D eigenvalue weighted by molar-refractivity contribution is 6.31. The molecule has 1 amide bonds. The van der Waals surface area contributed by atoms with Crippen molar-refractivity contribution in [3.63, 3.8) is 0 Å². The van der Waals surface area contributed by atoms with Crippen LogP contribution in [0.5, 0.6) is 5.75 Å². The van der Waals surface area contributed by atoms with Gasteiger partial charge in [0.15, 0.2) is 0 Å². The maximum Gasteiger partial charge on any atom is 0.573 e. The molecule has 0 unspecified atom stereocenters. The van der Waals surface area contributed by atoms with Crippen LogP contribution in [0.1, 0.15) is 10.5 Å². The smallest absolute Gasteiger partial charge is 0.406 e. The third-order valence-corrected chi connectivity index (χ3v) is 4.72. The number of Topliss-reactive ketones (excluding diaryl/α,β-unsaturated/α-hetero) is 1. The molecule has 3 N–H and O–H groups in total. The Balaban J connectivity index is 1.85. The molecule has 4 rings (SSSR count). The third-order valence-electron chi connectivity index (χ3n) is 4.50. The van der Waals surface area contributed by atoms with Gasteiger partial charge in [0.2, 0.25) is 5.78 Å². The zero-order valence-electron chi connectivity index (χ0n) is 16.0. The largest absolute Gasteiger partial charge is 0.573 e. The molecule has 0 spiro atoms. The number of aromatic nitrogens is 3. The number of halogens is 4. The minimum Gasteiger partial charge on any atom is -0.406 e. The van der Waals surface area contributed by atoms with Gasteiger partial charge in [0.25, 0.3) is 5.91 Å². The predicted molar refractivity (Wildman–Crippen MR) is 107 cm³/mol. The molecule has 1 aromatic carbocycles. The molecule has 0 aliphatic carbocycles. The summed E-state index contributed by atoms with van der Waals surface area (Å²) < 4.78 is 43.5. The molecule has 0 radical (unpaired) electrons. The van der Waals surface area contributed by atoms with Gasteiger partial charge >= 0.3 is 6.36 Å². The topological polar surface area (TPSA) is 112 Å². The van der Waals surface area contributed by atoms with E-state index < -0.39 is 23.8 Å². The van der Waals surface area contributed by atoms with Crippen molar-refractivity contribution in [1.82, 2.24) is 20.1 Å². The Bertz CT molecular complexity index is 1260. The molecule has 1 aliphatic rings. The first-order valence-electron chi connectivity index (χ1n) is 9.01. The molecular weight excluding hydrogens is 451 g/mol. The summed E-state index contributed by atoms with van der Waals surface area (Å²) in [5.41, 5.74) is 6.33. The van der Waals surface area contributed by atoms with Gasteiger partial charge in [-0.15, -0.1) is 13.2 Å². The van der Waals surface area contributed by atoms with Crippen LogP contribution < -0.4 is 15.8 Å². The SMILES string of the molecule is NC1=C(C(=O)c2cc(-c3cc(Cl)cc(OC(F)(F)F)c3)n(-c3cccnc3)n2)CNC1=O. The van der Waals surface area contributed by atoms with Gasteiger partial charge < -0.3 is 15.8 Å². The minimum atomic E-state index is -4.92. The van der Waals surface area contributed by atoms with Crippen LogP contribution in [-0.2, 0) is 4.79 Å². The lowest BCUT2D eigenvalue weighted by atomic mass is 10.1. The maximum atomic E-state index is 12.9. The van der Waals surface area contributed by atoms with E-state index in [1.54, 1.807) is 12.1 Å². The summed E-state index contributed by atoms with van der Waals surface area (Å²) >= 11 is 6.01. The number of nitrogens with zero attached hydrogens (tertiary/aromatic N) is 3. The first-order valence-corrected chi connectivity index (χ1v) is 9.39. The molecule has 2 aromatic heterocycles. The van der Waals surface area contributed by atoms with Crippen LogP contribution in [0.15, 0.2) is 60.1 Å². The molecule has 3 aromatic rings. The van der Waals surface area contributed by atoms with Crippen LogP contribution >= 0.6 is 11.6 Å². The number of amides is 1.